The van der Waals surface area contributed by atoms with Gasteiger partial charge in [-0.2, -0.15) is 5.10 Å². The number of benzene rings is 1. The third-order valence-electron chi connectivity index (χ3n) is 3.70. The topological polar surface area (TPSA) is 87.3 Å². The van der Waals surface area contributed by atoms with Gasteiger partial charge in [0.1, 0.15) is 0 Å². The average Bonchev–Trinajstić information content (AvgIpc) is 2.51. The molecule has 1 fully saturated rings. The van der Waals surface area contributed by atoms with Crippen LogP contribution in [0.3, 0.4) is 0 Å². The highest BCUT2D eigenvalue weighted by atomic mass is 16.6. The predicted molar refractivity (Wildman–Crippen MR) is 76.2 cm³/mol. The van der Waals surface area contributed by atoms with E-state index in [9.17, 15) is 14.9 Å². The van der Waals surface area contributed by atoms with Crippen molar-refractivity contribution in [3.63, 3.8) is 0 Å². The van der Waals surface area contributed by atoms with Crippen molar-refractivity contribution in [2.75, 3.05) is 6.61 Å². The van der Waals surface area contributed by atoms with Crippen LogP contribution in [0.4, 0.5) is 5.69 Å². The quantitative estimate of drug-likeness (QED) is 0.636. The summed E-state index contributed by atoms with van der Waals surface area (Å²) in [6, 6.07) is 4.22. The summed E-state index contributed by atoms with van der Waals surface area (Å²) in [5.74, 6) is 0. The number of rotatable bonds is 3. The Kier molecular flexibility index (Phi) is 3.66. The summed E-state index contributed by atoms with van der Waals surface area (Å²) < 4.78 is 6.94. The largest absolute Gasteiger partial charge is 0.376 e. The molecule has 3 rings (SSSR count). The molecule has 1 aromatic heterocycles. The molecule has 0 saturated carbocycles. The van der Waals surface area contributed by atoms with Crippen LogP contribution in [0.5, 0.6) is 0 Å². The lowest BCUT2D eigenvalue weighted by Crippen LogP contribution is -2.32. The summed E-state index contributed by atoms with van der Waals surface area (Å²) in [6.45, 7) is 1.09. The Hall–Kier alpha value is -2.28. The van der Waals surface area contributed by atoms with E-state index in [4.69, 9.17) is 4.74 Å². The molecule has 1 saturated heterocycles. The molecule has 1 atom stereocenters. The van der Waals surface area contributed by atoms with Gasteiger partial charge >= 0.3 is 0 Å². The van der Waals surface area contributed by atoms with Crippen molar-refractivity contribution in [3.8, 4) is 0 Å². The van der Waals surface area contributed by atoms with E-state index in [2.05, 4.69) is 5.10 Å². The van der Waals surface area contributed by atoms with Crippen molar-refractivity contribution in [2.24, 2.45) is 0 Å². The Bertz CT molecular complexity index is 735. The van der Waals surface area contributed by atoms with Crippen LogP contribution in [-0.4, -0.2) is 27.4 Å². The summed E-state index contributed by atoms with van der Waals surface area (Å²) in [5.41, 5.74) is -0.406. The van der Waals surface area contributed by atoms with Gasteiger partial charge in [-0.05, 0) is 25.3 Å². The number of aromatic nitrogens is 2. The minimum Gasteiger partial charge on any atom is -0.376 e. The molecule has 7 nitrogen and oxygen atoms in total. The van der Waals surface area contributed by atoms with E-state index in [1.807, 2.05) is 0 Å². The maximum atomic E-state index is 12.4. The average molecular weight is 289 g/mol. The number of ether oxygens (including phenoxy) is 1. The van der Waals surface area contributed by atoms with E-state index in [0.717, 1.165) is 19.3 Å². The maximum absolute atomic E-state index is 12.4. The van der Waals surface area contributed by atoms with Crippen molar-refractivity contribution in [1.29, 1.82) is 0 Å². The third kappa shape index (κ3) is 2.78. The Morgan fingerprint density at radius 3 is 3.00 bits per heavy atom. The van der Waals surface area contributed by atoms with E-state index in [1.54, 1.807) is 12.3 Å². The number of fused-ring (bicyclic) bond motifs is 1. The zero-order valence-electron chi connectivity index (χ0n) is 11.4. The van der Waals surface area contributed by atoms with Gasteiger partial charge in [0.25, 0.3) is 11.2 Å². The van der Waals surface area contributed by atoms with Gasteiger partial charge in [0, 0.05) is 24.1 Å². The Labute approximate surface area is 120 Å². The van der Waals surface area contributed by atoms with Crippen molar-refractivity contribution >= 4 is 16.5 Å². The molecule has 2 aromatic rings. The lowest BCUT2D eigenvalue weighted by molar-refractivity contribution is -0.384. The van der Waals surface area contributed by atoms with Gasteiger partial charge < -0.3 is 4.74 Å². The van der Waals surface area contributed by atoms with Gasteiger partial charge in [-0.15, -0.1) is 0 Å². The first-order valence-electron chi connectivity index (χ1n) is 6.91. The fourth-order valence-corrected chi connectivity index (χ4v) is 2.55. The molecule has 110 valence electrons. The van der Waals surface area contributed by atoms with Crippen LogP contribution >= 0.6 is 0 Å². The molecule has 0 radical (unpaired) electrons. The summed E-state index contributed by atoms with van der Waals surface area (Å²) in [6.07, 6.45) is 4.58. The van der Waals surface area contributed by atoms with Gasteiger partial charge in [0.2, 0.25) is 0 Å². The molecule has 1 aromatic carbocycles. The molecule has 0 amide bonds. The lowest BCUT2D eigenvalue weighted by atomic mass is 10.1. The molecule has 7 heteroatoms. The Morgan fingerprint density at radius 2 is 2.29 bits per heavy atom. The molecule has 21 heavy (non-hydrogen) atoms. The Balaban J connectivity index is 1.98. The van der Waals surface area contributed by atoms with Crippen LogP contribution in [0.1, 0.15) is 19.3 Å². The van der Waals surface area contributed by atoms with Gasteiger partial charge in [0.05, 0.1) is 29.2 Å². The van der Waals surface area contributed by atoms with Gasteiger partial charge in [0.15, 0.2) is 0 Å². The molecular weight excluding hydrogens is 274 g/mol. The molecule has 1 unspecified atom stereocenters. The van der Waals surface area contributed by atoms with Crippen molar-refractivity contribution in [2.45, 2.75) is 31.9 Å². The van der Waals surface area contributed by atoms with Crippen molar-refractivity contribution in [3.05, 3.63) is 44.9 Å². The Morgan fingerprint density at radius 1 is 1.43 bits per heavy atom. The highest BCUT2D eigenvalue weighted by molar-refractivity contribution is 5.82. The fraction of sp³-hybridized carbons (Fsp3) is 0.429. The summed E-state index contributed by atoms with van der Waals surface area (Å²) in [7, 11) is 0. The van der Waals surface area contributed by atoms with Crippen LogP contribution in [0.25, 0.3) is 10.8 Å². The highest BCUT2D eigenvalue weighted by Gasteiger charge is 2.17. The molecule has 1 aliphatic heterocycles. The smallest absolute Gasteiger partial charge is 0.274 e. The van der Waals surface area contributed by atoms with Crippen LogP contribution in [0.2, 0.25) is 0 Å². The number of non-ortho nitro benzene ring substituents is 1. The number of hydrogen-bond donors (Lipinski definition) is 0. The molecular formula is C14H15N3O4. The molecule has 2 heterocycles. The zero-order chi connectivity index (χ0) is 14.8. The molecule has 0 bridgehead atoms. The maximum Gasteiger partial charge on any atom is 0.274 e. The van der Waals surface area contributed by atoms with Crippen LogP contribution in [-0.2, 0) is 11.3 Å². The van der Waals surface area contributed by atoms with Gasteiger partial charge in [-0.1, -0.05) is 0 Å². The summed E-state index contributed by atoms with van der Waals surface area (Å²) in [4.78, 5) is 22.7. The number of nitro groups is 1. The normalized spacial score (nSPS) is 18.8. The second kappa shape index (κ2) is 5.61. The lowest BCUT2D eigenvalue weighted by Gasteiger charge is -2.22. The first-order chi connectivity index (χ1) is 10.1. The van der Waals surface area contributed by atoms with E-state index in [-0.39, 0.29) is 17.4 Å². The van der Waals surface area contributed by atoms with Gasteiger partial charge in [-0.3, -0.25) is 14.9 Å². The predicted octanol–water partition coefficient (Wildman–Crippen LogP) is 1.87. The van der Waals surface area contributed by atoms with Crippen molar-refractivity contribution in [1.82, 2.24) is 9.78 Å². The first kappa shape index (κ1) is 13.7. The molecule has 1 aliphatic rings. The first-order valence-corrected chi connectivity index (χ1v) is 6.91. The molecule has 0 spiro atoms. The van der Waals surface area contributed by atoms with Crippen LogP contribution in [0.15, 0.2) is 29.2 Å². The molecule has 0 N–H and O–H groups in total. The third-order valence-corrected chi connectivity index (χ3v) is 3.70. The number of nitro benzene ring substituents is 1. The van der Waals surface area contributed by atoms with E-state index >= 15 is 0 Å². The van der Waals surface area contributed by atoms with E-state index in [0.29, 0.717) is 23.9 Å². The zero-order valence-corrected chi connectivity index (χ0v) is 11.4. The minimum absolute atomic E-state index is 0.0138. The highest BCUT2D eigenvalue weighted by Crippen LogP contribution is 2.18. The van der Waals surface area contributed by atoms with Crippen LogP contribution < -0.4 is 5.56 Å². The van der Waals surface area contributed by atoms with Crippen LogP contribution in [0, 0.1) is 10.1 Å². The van der Waals surface area contributed by atoms with E-state index < -0.39 is 4.92 Å². The van der Waals surface area contributed by atoms with Crippen molar-refractivity contribution < 1.29 is 9.66 Å². The number of hydrogen-bond acceptors (Lipinski definition) is 5. The standard InChI is InChI=1S/C14H15N3O4/c18-14-13-7-11(17(19)20)5-4-10(13)8-15-16(14)9-12-3-1-2-6-21-12/h4-5,7-8,12H,1-3,6,9H2. The fourth-order valence-electron chi connectivity index (χ4n) is 2.55. The summed E-state index contributed by atoms with van der Waals surface area (Å²) >= 11 is 0. The molecule has 0 aliphatic carbocycles. The SMILES string of the molecule is O=c1c2cc([N+](=O)[O-])ccc2cnn1CC1CCCCO1. The minimum atomic E-state index is -0.506. The monoisotopic (exact) mass is 289 g/mol. The number of nitrogens with zero attached hydrogens (tertiary/aromatic N) is 3. The second-order valence-corrected chi connectivity index (χ2v) is 5.15. The summed E-state index contributed by atoms with van der Waals surface area (Å²) in [5, 5.41) is 15.9. The second-order valence-electron chi connectivity index (χ2n) is 5.15. The van der Waals surface area contributed by atoms with Gasteiger partial charge in [-0.25, -0.2) is 4.68 Å². The van der Waals surface area contributed by atoms with E-state index in [1.165, 1.54) is 16.8 Å².